The molecule has 0 aliphatic carbocycles. The van der Waals surface area contributed by atoms with E-state index >= 15 is 0 Å². The molecule has 0 heterocycles. The Kier molecular flexibility index (Phi) is 7.34. The van der Waals surface area contributed by atoms with Gasteiger partial charge < -0.3 is 14.6 Å². The Hall–Kier alpha value is -1.22. The van der Waals surface area contributed by atoms with Crippen molar-refractivity contribution in [2.24, 2.45) is 0 Å². The zero-order valence-corrected chi connectivity index (χ0v) is 12.3. The number of rotatable bonds is 9. The highest BCUT2D eigenvalue weighted by Gasteiger charge is 2.18. The minimum atomic E-state index is -0.521. The third-order valence-electron chi connectivity index (χ3n) is 3.38. The van der Waals surface area contributed by atoms with Gasteiger partial charge in [-0.2, -0.15) is 0 Å². The summed E-state index contributed by atoms with van der Waals surface area (Å²) in [4.78, 5) is 0. The van der Waals surface area contributed by atoms with Gasteiger partial charge >= 0.3 is 0 Å². The van der Waals surface area contributed by atoms with Crippen LogP contribution in [0.4, 0.5) is 0 Å². The minimum Gasteiger partial charge on any atom is -0.496 e. The van der Waals surface area contributed by atoms with Crippen molar-refractivity contribution in [2.45, 2.75) is 51.6 Å². The average Bonchev–Trinajstić information content (AvgIpc) is 2.45. The van der Waals surface area contributed by atoms with Gasteiger partial charge in [-0.25, -0.2) is 0 Å². The Labute approximate surface area is 116 Å². The molecule has 3 heteroatoms. The summed E-state index contributed by atoms with van der Waals surface area (Å²) in [6, 6.07) is 5.59. The van der Waals surface area contributed by atoms with Crippen molar-refractivity contribution in [1.29, 1.82) is 0 Å². The Balaban J connectivity index is 2.62. The summed E-state index contributed by atoms with van der Waals surface area (Å²) >= 11 is 0. The fourth-order valence-corrected chi connectivity index (χ4v) is 2.29. The van der Waals surface area contributed by atoms with Crippen LogP contribution in [-0.4, -0.2) is 19.3 Å². The van der Waals surface area contributed by atoms with Crippen molar-refractivity contribution in [3.63, 3.8) is 0 Å². The molecule has 0 fully saturated rings. The lowest BCUT2D eigenvalue weighted by Gasteiger charge is -2.18. The van der Waals surface area contributed by atoms with Gasteiger partial charge in [-0.15, -0.1) is 0 Å². The summed E-state index contributed by atoms with van der Waals surface area (Å²) < 4.78 is 10.6. The van der Waals surface area contributed by atoms with E-state index in [0.717, 1.165) is 18.4 Å². The number of ether oxygens (including phenoxy) is 2. The van der Waals surface area contributed by atoms with Gasteiger partial charge in [0.25, 0.3) is 0 Å². The SMILES string of the molecule is CCCCCCCC(O)c1c(OC)cccc1OC. The number of aliphatic hydroxyl groups excluding tert-OH is 1. The van der Waals surface area contributed by atoms with Crippen LogP contribution in [0.3, 0.4) is 0 Å². The van der Waals surface area contributed by atoms with E-state index in [1.165, 1.54) is 25.7 Å². The summed E-state index contributed by atoms with van der Waals surface area (Å²) in [5.41, 5.74) is 0.767. The molecule has 0 aromatic heterocycles. The standard InChI is InChI=1S/C16H26O3/c1-4-5-6-7-8-10-13(17)16-14(18-2)11-9-12-15(16)19-3/h9,11-13,17H,4-8,10H2,1-3H3. The molecule has 0 aliphatic heterocycles. The Morgan fingerprint density at radius 3 is 2.11 bits per heavy atom. The summed E-state index contributed by atoms with van der Waals surface area (Å²) in [6.45, 7) is 2.20. The number of hydrogen-bond donors (Lipinski definition) is 1. The van der Waals surface area contributed by atoms with Crippen LogP contribution in [0.5, 0.6) is 11.5 Å². The van der Waals surface area contributed by atoms with Crippen molar-refractivity contribution < 1.29 is 14.6 Å². The lowest BCUT2D eigenvalue weighted by molar-refractivity contribution is 0.155. The first-order valence-corrected chi connectivity index (χ1v) is 7.13. The van der Waals surface area contributed by atoms with Crippen molar-refractivity contribution in [3.8, 4) is 11.5 Å². The molecular formula is C16H26O3. The number of unbranched alkanes of at least 4 members (excludes halogenated alkanes) is 4. The van der Waals surface area contributed by atoms with E-state index in [9.17, 15) is 5.11 Å². The van der Waals surface area contributed by atoms with Crippen LogP contribution in [0.25, 0.3) is 0 Å². The maximum Gasteiger partial charge on any atom is 0.128 e. The molecule has 0 spiro atoms. The van der Waals surface area contributed by atoms with Crippen LogP contribution in [0.15, 0.2) is 18.2 Å². The summed E-state index contributed by atoms with van der Waals surface area (Å²) in [5, 5.41) is 10.3. The number of methoxy groups -OCH3 is 2. The molecular weight excluding hydrogens is 240 g/mol. The predicted octanol–water partition coefficient (Wildman–Crippen LogP) is 4.10. The summed E-state index contributed by atoms with van der Waals surface area (Å²) in [5.74, 6) is 1.39. The minimum absolute atomic E-state index is 0.521. The van der Waals surface area contributed by atoms with E-state index in [-0.39, 0.29) is 0 Å². The van der Waals surface area contributed by atoms with Gasteiger partial charge in [-0.1, -0.05) is 45.1 Å². The molecule has 1 rings (SSSR count). The largest absolute Gasteiger partial charge is 0.496 e. The van der Waals surface area contributed by atoms with Crippen molar-refractivity contribution in [3.05, 3.63) is 23.8 Å². The molecule has 0 aliphatic rings. The molecule has 108 valence electrons. The van der Waals surface area contributed by atoms with E-state index in [4.69, 9.17) is 9.47 Å². The Morgan fingerprint density at radius 1 is 1.00 bits per heavy atom. The van der Waals surface area contributed by atoms with E-state index in [2.05, 4.69) is 6.92 Å². The van der Waals surface area contributed by atoms with Gasteiger partial charge in [0, 0.05) is 0 Å². The Bertz CT molecular complexity index is 341. The van der Waals surface area contributed by atoms with Crippen LogP contribution < -0.4 is 9.47 Å². The smallest absolute Gasteiger partial charge is 0.128 e. The molecule has 1 unspecified atom stereocenters. The fraction of sp³-hybridized carbons (Fsp3) is 0.625. The van der Waals surface area contributed by atoms with E-state index < -0.39 is 6.10 Å². The molecule has 3 nitrogen and oxygen atoms in total. The number of benzene rings is 1. The highest BCUT2D eigenvalue weighted by molar-refractivity contribution is 5.46. The zero-order valence-electron chi connectivity index (χ0n) is 12.3. The van der Waals surface area contributed by atoms with Gasteiger partial charge in [0.05, 0.1) is 25.9 Å². The van der Waals surface area contributed by atoms with Crippen LogP contribution in [0.1, 0.15) is 57.1 Å². The summed E-state index contributed by atoms with van der Waals surface area (Å²) in [6.07, 6.45) is 6.18. The molecule has 0 amide bonds. The molecule has 1 aromatic rings. The quantitative estimate of drug-likeness (QED) is 0.684. The van der Waals surface area contributed by atoms with Crippen LogP contribution in [-0.2, 0) is 0 Å². The lowest BCUT2D eigenvalue weighted by Crippen LogP contribution is -2.03. The number of aliphatic hydroxyl groups is 1. The van der Waals surface area contributed by atoms with Crippen molar-refractivity contribution in [1.82, 2.24) is 0 Å². The summed E-state index contributed by atoms with van der Waals surface area (Å²) in [7, 11) is 3.23. The molecule has 0 bridgehead atoms. The first kappa shape index (κ1) is 15.8. The maximum absolute atomic E-state index is 10.3. The van der Waals surface area contributed by atoms with Crippen molar-refractivity contribution in [2.75, 3.05) is 14.2 Å². The second-order valence-electron chi connectivity index (χ2n) is 4.79. The fourth-order valence-electron chi connectivity index (χ4n) is 2.29. The second kappa shape index (κ2) is 8.81. The number of hydrogen-bond acceptors (Lipinski definition) is 3. The third kappa shape index (κ3) is 4.75. The van der Waals surface area contributed by atoms with E-state index in [1.807, 2.05) is 18.2 Å². The van der Waals surface area contributed by atoms with Crippen LogP contribution in [0, 0.1) is 0 Å². The van der Waals surface area contributed by atoms with E-state index in [1.54, 1.807) is 14.2 Å². The molecule has 0 saturated carbocycles. The molecule has 1 atom stereocenters. The maximum atomic E-state index is 10.3. The molecule has 0 radical (unpaired) electrons. The van der Waals surface area contributed by atoms with Gasteiger partial charge in [0.1, 0.15) is 11.5 Å². The van der Waals surface area contributed by atoms with E-state index in [0.29, 0.717) is 11.5 Å². The molecule has 1 aromatic carbocycles. The second-order valence-corrected chi connectivity index (χ2v) is 4.79. The molecule has 1 N–H and O–H groups in total. The van der Waals surface area contributed by atoms with Crippen LogP contribution >= 0.6 is 0 Å². The van der Waals surface area contributed by atoms with Gasteiger partial charge in [0.2, 0.25) is 0 Å². The lowest BCUT2D eigenvalue weighted by atomic mass is 10.0. The Morgan fingerprint density at radius 2 is 1.58 bits per heavy atom. The average molecular weight is 266 g/mol. The van der Waals surface area contributed by atoms with Crippen LogP contribution in [0.2, 0.25) is 0 Å². The first-order valence-electron chi connectivity index (χ1n) is 7.13. The zero-order chi connectivity index (χ0) is 14.1. The normalized spacial score (nSPS) is 12.2. The van der Waals surface area contributed by atoms with Gasteiger partial charge in [0.15, 0.2) is 0 Å². The highest BCUT2D eigenvalue weighted by atomic mass is 16.5. The highest BCUT2D eigenvalue weighted by Crippen LogP contribution is 2.36. The third-order valence-corrected chi connectivity index (χ3v) is 3.38. The predicted molar refractivity (Wildman–Crippen MR) is 77.9 cm³/mol. The topological polar surface area (TPSA) is 38.7 Å². The van der Waals surface area contributed by atoms with Gasteiger partial charge in [-0.05, 0) is 18.6 Å². The van der Waals surface area contributed by atoms with Crippen molar-refractivity contribution >= 4 is 0 Å². The first-order chi connectivity index (χ1) is 9.24. The molecule has 0 saturated heterocycles. The van der Waals surface area contributed by atoms with Gasteiger partial charge in [-0.3, -0.25) is 0 Å². The monoisotopic (exact) mass is 266 g/mol. The molecule has 19 heavy (non-hydrogen) atoms.